The van der Waals surface area contributed by atoms with Gasteiger partial charge in [0.25, 0.3) is 0 Å². The van der Waals surface area contributed by atoms with E-state index in [0.717, 1.165) is 22.3 Å². The minimum atomic E-state index is -0.901. The second-order valence-corrected chi connectivity index (χ2v) is 6.49. The molecule has 1 heterocycles. The van der Waals surface area contributed by atoms with Gasteiger partial charge in [-0.1, -0.05) is 23.9 Å². The zero-order valence-corrected chi connectivity index (χ0v) is 12.9. The van der Waals surface area contributed by atoms with E-state index in [1.807, 2.05) is 24.3 Å². The lowest BCUT2D eigenvalue weighted by Crippen LogP contribution is -1.94. The molecule has 0 aliphatic heterocycles. The molecule has 0 radical (unpaired) electrons. The van der Waals surface area contributed by atoms with Gasteiger partial charge in [-0.3, -0.25) is 0 Å². The number of hydrogen-bond acceptors (Lipinski definition) is 5. The zero-order valence-electron chi connectivity index (χ0n) is 11.3. The molecule has 20 heavy (non-hydrogen) atoms. The minimum absolute atomic E-state index is 0.331. The summed E-state index contributed by atoms with van der Waals surface area (Å²) in [7, 11) is 1.65. The van der Waals surface area contributed by atoms with Crippen LogP contribution in [0.3, 0.4) is 0 Å². The Balaban J connectivity index is 1.89. The first-order chi connectivity index (χ1) is 9.60. The van der Waals surface area contributed by atoms with Gasteiger partial charge in [-0.25, -0.2) is 9.78 Å². The van der Waals surface area contributed by atoms with Crippen molar-refractivity contribution in [3.63, 3.8) is 0 Å². The van der Waals surface area contributed by atoms with Crippen molar-refractivity contribution < 1.29 is 14.6 Å². The molecule has 0 bridgehead atoms. The van der Waals surface area contributed by atoms with Crippen LogP contribution in [0.25, 0.3) is 0 Å². The first kappa shape index (κ1) is 14.9. The van der Waals surface area contributed by atoms with Crippen LogP contribution >= 0.6 is 23.1 Å². The molecule has 1 N–H and O–H groups in total. The lowest BCUT2D eigenvalue weighted by molar-refractivity contribution is 0.0701. The summed E-state index contributed by atoms with van der Waals surface area (Å²) in [5.41, 5.74) is 1.82. The van der Waals surface area contributed by atoms with Crippen molar-refractivity contribution in [3.8, 4) is 5.75 Å². The highest BCUT2D eigenvalue weighted by molar-refractivity contribution is 8.01. The van der Waals surface area contributed by atoms with Crippen LogP contribution < -0.4 is 4.74 Å². The van der Waals surface area contributed by atoms with Crippen LogP contribution in [-0.4, -0.2) is 28.9 Å². The molecular formula is C14H15NO3S2. The molecule has 0 spiro atoms. The monoisotopic (exact) mass is 309 g/mol. The predicted molar refractivity (Wildman–Crippen MR) is 81.2 cm³/mol. The fourth-order valence-electron chi connectivity index (χ4n) is 1.68. The van der Waals surface area contributed by atoms with Gasteiger partial charge in [-0.2, -0.15) is 0 Å². The van der Waals surface area contributed by atoms with Crippen molar-refractivity contribution >= 4 is 29.1 Å². The van der Waals surface area contributed by atoms with Gasteiger partial charge in [-0.05, 0) is 31.0 Å². The Morgan fingerprint density at radius 3 is 2.65 bits per heavy atom. The number of ether oxygens (including phenoxy) is 1. The number of aromatic nitrogens is 1. The van der Waals surface area contributed by atoms with Crippen LogP contribution in [0.5, 0.6) is 5.75 Å². The Kier molecular flexibility index (Phi) is 5.03. The number of methoxy groups -OCH3 is 1. The number of carboxylic acid groups (broad SMARTS) is 1. The van der Waals surface area contributed by atoms with Crippen molar-refractivity contribution in [1.82, 2.24) is 4.98 Å². The number of aromatic carboxylic acids is 1. The molecule has 6 heteroatoms. The highest BCUT2D eigenvalue weighted by Crippen LogP contribution is 2.27. The van der Waals surface area contributed by atoms with Crippen LogP contribution in [-0.2, 0) is 6.42 Å². The highest BCUT2D eigenvalue weighted by atomic mass is 32.2. The number of benzene rings is 1. The van der Waals surface area contributed by atoms with Crippen LogP contribution in [0.1, 0.15) is 20.9 Å². The lowest BCUT2D eigenvalue weighted by atomic mass is 10.2. The van der Waals surface area contributed by atoms with Crippen molar-refractivity contribution in [2.24, 2.45) is 0 Å². The molecule has 1 aromatic carbocycles. The second kappa shape index (κ2) is 6.76. The molecule has 0 fully saturated rings. The molecule has 4 nitrogen and oxygen atoms in total. The fourth-order valence-corrected chi connectivity index (χ4v) is 3.77. The van der Waals surface area contributed by atoms with Crippen molar-refractivity contribution in [2.75, 3.05) is 12.9 Å². The summed E-state index contributed by atoms with van der Waals surface area (Å²) in [5.74, 6) is 0.822. The molecule has 0 saturated carbocycles. The third-order valence-electron chi connectivity index (χ3n) is 2.75. The molecular weight excluding hydrogens is 294 g/mol. The van der Waals surface area contributed by atoms with Crippen LogP contribution in [0.2, 0.25) is 0 Å². The van der Waals surface area contributed by atoms with Crippen LogP contribution in [0, 0.1) is 6.92 Å². The average Bonchev–Trinajstić information content (AvgIpc) is 2.81. The number of rotatable bonds is 6. The van der Waals surface area contributed by atoms with Gasteiger partial charge in [0.1, 0.15) is 10.6 Å². The number of nitrogens with zero attached hydrogens (tertiary/aromatic N) is 1. The van der Waals surface area contributed by atoms with Gasteiger partial charge < -0.3 is 9.84 Å². The zero-order chi connectivity index (χ0) is 14.5. The maximum Gasteiger partial charge on any atom is 0.347 e. The lowest BCUT2D eigenvalue weighted by Gasteiger charge is -2.02. The third kappa shape index (κ3) is 3.74. The van der Waals surface area contributed by atoms with Crippen LogP contribution in [0.15, 0.2) is 28.6 Å². The average molecular weight is 309 g/mol. The van der Waals surface area contributed by atoms with Gasteiger partial charge in [0.05, 0.1) is 12.8 Å². The minimum Gasteiger partial charge on any atom is -0.497 e. The molecule has 2 aromatic rings. The van der Waals surface area contributed by atoms with Crippen molar-refractivity contribution in [3.05, 3.63) is 40.4 Å². The molecule has 0 atom stereocenters. The largest absolute Gasteiger partial charge is 0.497 e. The third-order valence-corrected chi connectivity index (χ3v) is 5.04. The van der Waals surface area contributed by atoms with E-state index in [4.69, 9.17) is 9.84 Å². The summed E-state index contributed by atoms with van der Waals surface area (Å²) in [5, 5.41) is 8.98. The van der Waals surface area contributed by atoms with E-state index in [1.54, 1.807) is 25.8 Å². The predicted octanol–water partition coefficient (Wildman–Crippen LogP) is 3.49. The molecule has 1 aromatic heterocycles. The molecule has 0 saturated heterocycles. The van der Waals surface area contributed by atoms with E-state index in [0.29, 0.717) is 10.6 Å². The van der Waals surface area contributed by atoms with Gasteiger partial charge in [-0.15, -0.1) is 11.3 Å². The maximum absolute atomic E-state index is 10.9. The fraction of sp³-hybridized carbons (Fsp3) is 0.286. The summed E-state index contributed by atoms with van der Waals surface area (Å²) in [6.07, 6.45) is 0.912. The summed E-state index contributed by atoms with van der Waals surface area (Å²) in [6, 6.07) is 7.95. The summed E-state index contributed by atoms with van der Waals surface area (Å²) >= 11 is 2.83. The number of thiazole rings is 1. The number of aryl methyl sites for hydroxylation is 2. The first-order valence-electron chi connectivity index (χ1n) is 6.06. The van der Waals surface area contributed by atoms with E-state index in [1.165, 1.54) is 16.9 Å². The standard InChI is InChI=1S/C14H15NO3S2/c1-9-12(13(16)17)20-14(15-9)19-8-7-10-3-5-11(18-2)6-4-10/h3-6H,7-8H2,1-2H3,(H,16,17). The maximum atomic E-state index is 10.9. The number of thioether (sulfide) groups is 1. The molecule has 0 aliphatic rings. The van der Waals surface area contributed by atoms with E-state index in [9.17, 15) is 4.79 Å². The summed E-state index contributed by atoms with van der Waals surface area (Å²) < 4.78 is 5.93. The first-order valence-corrected chi connectivity index (χ1v) is 7.87. The van der Waals surface area contributed by atoms with Crippen molar-refractivity contribution in [2.45, 2.75) is 17.7 Å². The molecule has 0 unspecified atom stereocenters. The van der Waals surface area contributed by atoms with E-state index < -0.39 is 5.97 Å². The SMILES string of the molecule is COc1ccc(CCSc2nc(C)c(C(=O)O)s2)cc1. The van der Waals surface area contributed by atoms with E-state index in [2.05, 4.69) is 4.98 Å². The Bertz CT molecular complexity index is 593. The van der Waals surface area contributed by atoms with Gasteiger partial charge >= 0.3 is 5.97 Å². The summed E-state index contributed by atoms with van der Waals surface area (Å²) in [4.78, 5) is 15.5. The molecule has 2 rings (SSSR count). The highest BCUT2D eigenvalue weighted by Gasteiger charge is 2.13. The quantitative estimate of drug-likeness (QED) is 0.828. The Hall–Kier alpha value is -1.53. The molecule has 106 valence electrons. The number of carbonyl (C=O) groups is 1. The Morgan fingerprint density at radius 1 is 1.40 bits per heavy atom. The van der Waals surface area contributed by atoms with E-state index >= 15 is 0 Å². The normalized spacial score (nSPS) is 10.5. The van der Waals surface area contributed by atoms with Gasteiger partial charge in [0.2, 0.25) is 0 Å². The number of carboxylic acids is 1. The topological polar surface area (TPSA) is 59.4 Å². The van der Waals surface area contributed by atoms with Crippen molar-refractivity contribution in [1.29, 1.82) is 0 Å². The molecule has 0 amide bonds. The van der Waals surface area contributed by atoms with Crippen LogP contribution in [0.4, 0.5) is 0 Å². The number of hydrogen-bond donors (Lipinski definition) is 1. The van der Waals surface area contributed by atoms with E-state index in [-0.39, 0.29) is 0 Å². The second-order valence-electron chi connectivity index (χ2n) is 4.15. The van der Waals surface area contributed by atoms with Gasteiger partial charge in [0, 0.05) is 5.75 Å². The smallest absolute Gasteiger partial charge is 0.347 e. The Labute approximate surface area is 125 Å². The molecule has 0 aliphatic carbocycles. The summed E-state index contributed by atoms with van der Waals surface area (Å²) in [6.45, 7) is 1.73. The Morgan fingerprint density at radius 2 is 2.10 bits per heavy atom. The van der Waals surface area contributed by atoms with Gasteiger partial charge in [0.15, 0.2) is 4.34 Å².